The minimum atomic E-state index is -5.08. The molecule has 214 valence electrons. The lowest BCUT2D eigenvalue weighted by atomic mass is 10.2. The first kappa shape index (κ1) is 30.3. The maximum Gasteiger partial charge on any atom is 0.416 e. The van der Waals surface area contributed by atoms with E-state index in [2.05, 4.69) is 20.4 Å². The summed E-state index contributed by atoms with van der Waals surface area (Å²) in [5.74, 6) is -2.08. The summed E-state index contributed by atoms with van der Waals surface area (Å²) in [7, 11) is 0. The highest BCUT2D eigenvalue weighted by molar-refractivity contribution is 6.30. The number of carbonyl (C=O) groups excluding carboxylic acids is 2. The number of halogens is 7. The van der Waals surface area contributed by atoms with Crippen molar-refractivity contribution in [3.63, 3.8) is 0 Å². The second-order valence-corrected chi connectivity index (χ2v) is 8.40. The number of rotatable bonds is 8. The van der Waals surface area contributed by atoms with Gasteiger partial charge >= 0.3 is 18.4 Å². The van der Waals surface area contributed by atoms with Crippen LogP contribution in [0.15, 0.2) is 48.9 Å². The maximum atomic E-state index is 13.0. The first-order valence-corrected chi connectivity index (χ1v) is 11.4. The predicted octanol–water partition coefficient (Wildman–Crippen LogP) is 3.07. The molecule has 1 aromatic carbocycles. The van der Waals surface area contributed by atoms with Gasteiger partial charge < -0.3 is 15.7 Å². The quantitative estimate of drug-likeness (QED) is 0.179. The Kier molecular flexibility index (Phi) is 9.31. The Morgan fingerprint density at radius 2 is 1.75 bits per heavy atom. The molecule has 0 spiro atoms. The van der Waals surface area contributed by atoms with E-state index in [0.29, 0.717) is 4.90 Å². The molecule has 3 rings (SSSR count). The molecule has 3 amide bonds. The molecule has 0 bridgehead atoms. The van der Waals surface area contributed by atoms with Crippen LogP contribution in [-0.2, 0) is 6.54 Å². The average Bonchev–Trinajstić information content (AvgIpc) is 3.37. The number of aliphatic hydroxyl groups is 1. The summed E-state index contributed by atoms with van der Waals surface area (Å²) in [6.45, 7) is -3.37. The smallest absolute Gasteiger partial charge is 0.382 e. The van der Waals surface area contributed by atoms with Crippen LogP contribution in [0.1, 0.15) is 21.7 Å². The highest BCUT2D eigenvalue weighted by Gasteiger charge is 2.41. The van der Waals surface area contributed by atoms with E-state index in [1.54, 1.807) is 5.32 Å². The molecule has 1 atom stereocenters. The van der Waals surface area contributed by atoms with Crippen molar-refractivity contribution >= 4 is 29.4 Å². The van der Waals surface area contributed by atoms with E-state index < -0.39 is 55.9 Å². The van der Waals surface area contributed by atoms with E-state index in [4.69, 9.17) is 17.0 Å². The summed E-state index contributed by atoms with van der Waals surface area (Å²) in [4.78, 5) is 33.2. The van der Waals surface area contributed by atoms with E-state index in [1.807, 2.05) is 0 Å². The Morgan fingerprint density at radius 1 is 1.07 bits per heavy atom. The second-order valence-electron chi connectivity index (χ2n) is 7.96. The number of benzene rings is 1. The van der Waals surface area contributed by atoms with Crippen molar-refractivity contribution in [2.45, 2.75) is 25.0 Å². The van der Waals surface area contributed by atoms with Crippen LogP contribution in [0.5, 0.6) is 0 Å². The maximum absolute atomic E-state index is 13.0. The van der Waals surface area contributed by atoms with Crippen molar-refractivity contribution in [2.75, 3.05) is 13.1 Å². The lowest BCUT2D eigenvalue weighted by Crippen LogP contribution is -2.50. The van der Waals surface area contributed by atoms with Gasteiger partial charge in [0, 0.05) is 16.8 Å². The number of aromatic nitrogens is 4. The second kappa shape index (κ2) is 12.3. The molecule has 0 saturated carbocycles. The van der Waals surface area contributed by atoms with Gasteiger partial charge in [0.25, 0.3) is 5.91 Å². The third-order valence-electron chi connectivity index (χ3n) is 5.00. The van der Waals surface area contributed by atoms with Crippen LogP contribution in [0.4, 0.5) is 31.1 Å². The number of hydrogen-bond acceptors (Lipinski definition) is 7. The van der Waals surface area contributed by atoms with Gasteiger partial charge in [0.15, 0.2) is 17.7 Å². The number of aliphatic hydroxyl groups excluding tert-OH is 1. The SMILES string of the molecule is N=C(c1ccc(Cl)cc1)N(C[C@H](O)C(F)(F)F)C(=O)NCc1ncn(-c2ncccc2C(=O)NCC(F)(F)F)n1. The summed E-state index contributed by atoms with van der Waals surface area (Å²) in [6.07, 6.45) is -10.4. The molecule has 3 aromatic rings. The normalized spacial score (nSPS) is 12.5. The van der Waals surface area contributed by atoms with Gasteiger partial charge in [-0.2, -0.15) is 26.3 Å². The molecular weight excluding hydrogens is 574 g/mol. The lowest BCUT2D eigenvalue weighted by molar-refractivity contribution is -0.204. The number of nitrogens with zero attached hydrogens (tertiary/aromatic N) is 5. The van der Waals surface area contributed by atoms with Crippen molar-refractivity contribution in [2.24, 2.45) is 0 Å². The molecule has 18 heteroatoms. The van der Waals surface area contributed by atoms with E-state index in [9.17, 15) is 41.0 Å². The molecule has 0 unspecified atom stereocenters. The van der Waals surface area contributed by atoms with Crippen molar-refractivity contribution in [3.8, 4) is 5.82 Å². The van der Waals surface area contributed by atoms with Gasteiger partial charge in [-0.25, -0.2) is 19.4 Å². The molecule has 2 heterocycles. The Morgan fingerprint density at radius 3 is 2.38 bits per heavy atom. The highest BCUT2D eigenvalue weighted by Crippen LogP contribution is 2.22. The summed E-state index contributed by atoms with van der Waals surface area (Å²) < 4.78 is 77.3. The first-order chi connectivity index (χ1) is 18.7. The van der Waals surface area contributed by atoms with Crippen molar-refractivity contribution in [1.29, 1.82) is 5.41 Å². The Labute approximate surface area is 226 Å². The predicted molar refractivity (Wildman–Crippen MR) is 127 cm³/mol. The Bertz CT molecular complexity index is 1360. The van der Waals surface area contributed by atoms with Crippen molar-refractivity contribution in [1.82, 2.24) is 35.3 Å². The number of pyridine rings is 1. The molecule has 2 aromatic heterocycles. The van der Waals surface area contributed by atoms with Crippen LogP contribution in [0.2, 0.25) is 5.02 Å². The van der Waals surface area contributed by atoms with Crippen molar-refractivity contribution < 1.29 is 41.0 Å². The molecule has 0 aliphatic rings. The lowest BCUT2D eigenvalue weighted by Gasteiger charge is -2.26. The third-order valence-corrected chi connectivity index (χ3v) is 5.25. The summed E-state index contributed by atoms with van der Waals surface area (Å²) in [5, 5.41) is 25.9. The average molecular weight is 593 g/mol. The zero-order valence-corrected chi connectivity index (χ0v) is 20.7. The monoisotopic (exact) mass is 592 g/mol. The number of amides is 3. The van der Waals surface area contributed by atoms with E-state index in [0.717, 1.165) is 11.0 Å². The molecule has 0 fully saturated rings. The van der Waals surface area contributed by atoms with Gasteiger partial charge in [-0.15, -0.1) is 5.10 Å². The highest BCUT2D eigenvalue weighted by atomic mass is 35.5. The van der Waals surface area contributed by atoms with E-state index in [-0.39, 0.29) is 27.8 Å². The number of carbonyl (C=O) groups is 2. The minimum Gasteiger partial charge on any atom is -0.382 e. The Hall–Kier alpha value is -4.25. The van der Waals surface area contributed by atoms with Crippen LogP contribution < -0.4 is 10.6 Å². The fourth-order valence-electron chi connectivity index (χ4n) is 3.08. The third kappa shape index (κ3) is 8.12. The summed E-state index contributed by atoms with van der Waals surface area (Å²) in [6, 6.07) is 6.60. The topological polar surface area (TPSA) is 149 Å². The molecule has 0 radical (unpaired) electrons. The van der Waals surface area contributed by atoms with Crippen LogP contribution in [0.25, 0.3) is 5.82 Å². The van der Waals surface area contributed by atoms with Crippen molar-refractivity contribution in [3.05, 3.63) is 70.9 Å². The number of amidine groups is 1. The molecule has 4 N–H and O–H groups in total. The first-order valence-electron chi connectivity index (χ1n) is 11.0. The molecule has 11 nitrogen and oxygen atoms in total. The fourth-order valence-corrected chi connectivity index (χ4v) is 3.20. The summed E-state index contributed by atoms with van der Waals surface area (Å²) >= 11 is 5.79. The van der Waals surface area contributed by atoms with Gasteiger partial charge in [0.2, 0.25) is 0 Å². The van der Waals surface area contributed by atoms with Gasteiger partial charge in [-0.1, -0.05) is 11.6 Å². The van der Waals surface area contributed by atoms with Crippen LogP contribution >= 0.6 is 11.6 Å². The van der Waals surface area contributed by atoms with Crippen LogP contribution in [0.3, 0.4) is 0 Å². The summed E-state index contributed by atoms with van der Waals surface area (Å²) in [5.41, 5.74) is -0.237. The number of alkyl halides is 6. The molecule has 0 aliphatic heterocycles. The number of urea groups is 1. The molecule has 0 saturated heterocycles. The van der Waals surface area contributed by atoms with Gasteiger partial charge in [0.1, 0.15) is 18.7 Å². The zero-order valence-electron chi connectivity index (χ0n) is 20.0. The molecule has 40 heavy (non-hydrogen) atoms. The minimum absolute atomic E-state index is 0.0304. The van der Waals surface area contributed by atoms with Gasteiger partial charge in [0.05, 0.1) is 18.7 Å². The fraction of sp³-hybridized carbons (Fsp3) is 0.273. The van der Waals surface area contributed by atoms with Gasteiger partial charge in [-0.05, 0) is 36.4 Å². The zero-order chi connectivity index (χ0) is 29.7. The largest absolute Gasteiger partial charge is 0.416 e. The van der Waals surface area contributed by atoms with Crippen LogP contribution in [-0.4, -0.2) is 79.1 Å². The number of hydrogen-bond donors (Lipinski definition) is 4. The van der Waals surface area contributed by atoms with Crippen LogP contribution in [0, 0.1) is 5.41 Å². The van der Waals surface area contributed by atoms with E-state index in [1.165, 1.54) is 42.6 Å². The van der Waals surface area contributed by atoms with Gasteiger partial charge in [-0.3, -0.25) is 15.1 Å². The van der Waals surface area contributed by atoms with E-state index >= 15 is 0 Å². The Balaban J connectivity index is 1.76. The number of nitrogens with one attached hydrogen (secondary N) is 3. The molecular formula is C22H19ClF6N8O3. The molecule has 0 aliphatic carbocycles. The standard InChI is InChI=1S/C22H19ClF6N8O3/c23-13-5-3-12(4-6-13)17(30)36(9-15(38)22(27,28)29)20(40)32-8-16-34-11-37(35-16)18-14(2-1-7-31-18)19(39)33-10-21(24,25)26/h1-7,11,15,30,38H,8-10H2,(H,32,40)(H,33,39)/t15-/m0/s1.